The minimum absolute atomic E-state index is 0.126. The van der Waals surface area contributed by atoms with Gasteiger partial charge in [-0.2, -0.15) is 0 Å². The Morgan fingerprint density at radius 3 is 2.67 bits per heavy atom. The van der Waals surface area contributed by atoms with Gasteiger partial charge in [-0.25, -0.2) is 0 Å². The topological polar surface area (TPSA) is 90.4 Å². The van der Waals surface area contributed by atoms with Crippen molar-refractivity contribution in [2.24, 2.45) is 0 Å². The van der Waals surface area contributed by atoms with Crippen molar-refractivity contribution >= 4 is 48.9 Å². The summed E-state index contributed by atoms with van der Waals surface area (Å²) in [5.41, 5.74) is -1.54. The Kier molecular flexibility index (Phi) is 3.92. The summed E-state index contributed by atoms with van der Waals surface area (Å²) in [5, 5.41) is 10.5. The number of hydrogen-bond acceptors (Lipinski definition) is 5. The summed E-state index contributed by atoms with van der Waals surface area (Å²) in [7, 11) is 0. The van der Waals surface area contributed by atoms with Crippen LogP contribution in [0.5, 0.6) is 0 Å². The van der Waals surface area contributed by atoms with Crippen molar-refractivity contribution in [2.75, 3.05) is 0 Å². The molecule has 3 unspecified atom stereocenters. The average Bonchev–Trinajstić information content (AvgIpc) is 3.13. The normalized spacial score (nSPS) is 41.3. The summed E-state index contributed by atoms with van der Waals surface area (Å²) in [6.07, 6.45) is 7.05. The molecule has 2 fully saturated rings. The summed E-state index contributed by atoms with van der Waals surface area (Å²) >= 11 is 0.994. The fourth-order valence-corrected chi connectivity index (χ4v) is 10.7. The zero-order chi connectivity index (χ0) is 15.5. The Hall–Kier alpha value is 0.550. The van der Waals surface area contributed by atoms with Crippen molar-refractivity contribution in [1.82, 2.24) is 7.06 Å². The number of allylic oxidation sites excluding steroid dienone is 1. The van der Waals surface area contributed by atoms with Crippen molar-refractivity contribution in [3.63, 3.8) is 0 Å². The average molecular weight is 520 g/mol. The van der Waals surface area contributed by atoms with Crippen LogP contribution in [0.4, 0.5) is 0 Å². The Balaban J connectivity index is 1.74. The summed E-state index contributed by atoms with van der Waals surface area (Å²) < 4.78 is 11.9. The number of fused-ring (bicyclic) bond motifs is 1. The summed E-state index contributed by atoms with van der Waals surface area (Å²) in [6, 6.07) is 0. The number of carbonyl (C=O) groups is 1. The number of rotatable bonds is 3. The first-order valence-corrected chi connectivity index (χ1v) is 11.5. The van der Waals surface area contributed by atoms with E-state index in [0.717, 1.165) is 19.3 Å². The standard InChI is InChI=1S/C14H22I2N2O3/c1-11(20)7-5-4-6-8-12(2,9-11)21-10(19)13(3,15)14-16(17-14)18-14/h6,8,17-18,20H,4-5,7,9H2,1-3H3. The van der Waals surface area contributed by atoms with Gasteiger partial charge in [0.1, 0.15) is 0 Å². The van der Waals surface area contributed by atoms with E-state index >= 15 is 0 Å². The van der Waals surface area contributed by atoms with E-state index in [0.29, 0.717) is 6.42 Å². The number of alkyl halides is 2. The zero-order valence-corrected chi connectivity index (χ0v) is 16.8. The molecule has 0 aromatic heterocycles. The molecule has 3 aliphatic rings. The molecule has 7 heteroatoms. The van der Waals surface area contributed by atoms with Crippen LogP contribution in [0.2, 0.25) is 0 Å². The van der Waals surface area contributed by atoms with Crippen LogP contribution >= 0.6 is 43.0 Å². The van der Waals surface area contributed by atoms with Crippen LogP contribution in [0.15, 0.2) is 12.2 Å². The summed E-state index contributed by atoms with van der Waals surface area (Å²) in [5.74, 6) is -0.205. The van der Waals surface area contributed by atoms with E-state index < -0.39 is 35.0 Å². The van der Waals surface area contributed by atoms with Crippen LogP contribution < -0.4 is 7.06 Å². The van der Waals surface area contributed by atoms with Gasteiger partial charge in [0.05, 0.1) is 0 Å². The van der Waals surface area contributed by atoms with Crippen molar-refractivity contribution in [3.05, 3.63) is 12.2 Å². The Morgan fingerprint density at radius 1 is 1.48 bits per heavy atom. The Morgan fingerprint density at radius 2 is 2.10 bits per heavy atom. The molecule has 3 N–H and O–H groups in total. The van der Waals surface area contributed by atoms with Crippen LogP contribution in [0.1, 0.15) is 46.5 Å². The van der Waals surface area contributed by atoms with Crippen LogP contribution in [0.25, 0.3) is 0 Å². The monoisotopic (exact) mass is 520 g/mol. The molecule has 0 aromatic rings. The molecule has 0 amide bonds. The Bertz CT molecular complexity index is 500. The fraction of sp³-hybridized carbons (Fsp3) is 0.786. The number of ether oxygens (including phenoxy) is 1. The van der Waals surface area contributed by atoms with Gasteiger partial charge in [-0.15, -0.1) is 0 Å². The number of aliphatic hydroxyl groups is 1. The van der Waals surface area contributed by atoms with E-state index in [9.17, 15) is 9.90 Å². The third kappa shape index (κ3) is 3.00. The number of nitrogens with one attached hydrogen (secondary N) is 2. The van der Waals surface area contributed by atoms with Gasteiger partial charge in [-0.3, -0.25) is 0 Å². The third-order valence-corrected chi connectivity index (χ3v) is 11.4. The Labute approximate surface area is 146 Å². The minimum atomic E-state index is -1.20. The molecule has 5 nitrogen and oxygen atoms in total. The van der Waals surface area contributed by atoms with Gasteiger partial charge in [-0.1, -0.05) is 0 Å². The van der Waals surface area contributed by atoms with Crippen LogP contribution in [-0.4, -0.2) is 29.4 Å². The van der Waals surface area contributed by atoms with Gasteiger partial charge in [0.15, 0.2) is 0 Å². The molecule has 120 valence electrons. The molecule has 0 saturated carbocycles. The second-order valence-electron chi connectivity index (χ2n) is 6.80. The number of hydrogen-bond donors (Lipinski definition) is 3. The third-order valence-electron chi connectivity index (χ3n) is 4.31. The SMILES string of the molecule is CC1(O)CCCC=CC(C)(OC(=O)C(C)(I)C23NI2N3)C1. The predicted octanol–water partition coefficient (Wildman–Crippen LogP) is 2.56. The van der Waals surface area contributed by atoms with Gasteiger partial charge in [0.25, 0.3) is 0 Å². The van der Waals surface area contributed by atoms with E-state index in [4.69, 9.17) is 4.74 Å². The molecular formula is C14H22I2N2O3. The molecule has 0 radical (unpaired) electrons. The van der Waals surface area contributed by atoms with E-state index in [-0.39, 0.29) is 9.64 Å². The first kappa shape index (κ1) is 16.4. The van der Waals surface area contributed by atoms with E-state index in [1.54, 1.807) is 0 Å². The van der Waals surface area contributed by atoms with Crippen molar-refractivity contribution < 1.29 is 14.6 Å². The van der Waals surface area contributed by atoms with Crippen LogP contribution in [0, 0.1) is 0 Å². The van der Waals surface area contributed by atoms with Gasteiger partial charge >= 0.3 is 148 Å². The van der Waals surface area contributed by atoms with Crippen molar-refractivity contribution in [3.8, 4) is 0 Å². The van der Waals surface area contributed by atoms with Gasteiger partial charge < -0.3 is 0 Å². The molecule has 1 aliphatic carbocycles. The molecule has 0 bridgehead atoms. The van der Waals surface area contributed by atoms with E-state index in [1.807, 2.05) is 26.8 Å². The fourth-order valence-electron chi connectivity index (χ4n) is 2.93. The first-order chi connectivity index (χ1) is 9.60. The number of carbonyl (C=O) groups excluding carboxylic acids is 1. The van der Waals surface area contributed by atoms with Gasteiger partial charge in [0, 0.05) is 0 Å². The quantitative estimate of drug-likeness (QED) is 0.101. The number of halogens is 2. The van der Waals surface area contributed by atoms with E-state index in [2.05, 4.69) is 35.7 Å². The summed E-state index contributed by atoms with van der Waals surface area (Å²) in [6.45, 7) is 5.64. The second-order valence-corrected chi connectivity index (χ2v) is 13.3. The van der Waals surface area contributed by atoms with Crippen molar-refractivity contribution in [1.29, 1.82) is 0 Å². The molecule has 2 aliphatic heterocycles. The van der Waals surface area contributed by atoms with Gasteiger partial charge in [0.2, 0.25) is 0 Å². The van der Waals surface area contributed by atoms with Gasteiger partial charge in [-0.05, 0) is 0 Å². The van der Waals surface area contributed by atoms with Crippen LogP contribution in [0.3, 0.4) is 0 Å². The van der Waals surface area contributed by atoms with E-state index in [1.165, 1.54) is 0 Å². The molecule has 3 rings (SSSR count). The van der Waals surface area contributed by atoms with Crippen LogP contribution in [-0.2, 0) is 9.53 Å². The second kappa shape index (κ2) is 5.02. The molecular weight excluding hydrogens is 498 g/mol. The summed E-state index contributed by atoms with van der Waals surface area (Å²) in [4.78, 5) is 12.7. The maximum atomic E-state index is 12.7. The zero-order valence-electron chi connectivity index (χ0n) is 12.5. The molecule has 2 heterocycles. The molecule has 0 aromatic carbocycles. The molecule has 0 spiro atoms. The molecule has 3 atom stereocenters. The van der Waals surface area contributed by atoms with Crippen molar-refractivity contribution in [2.45, 2.75) is 64.7 Å². The number of esters is 1. The molecule has 2 saturated heterocycles. The molecule has 21 heavy (non-hydrogen) atoms. The maximum absolute atomic E-state index is 12.7. The first-order valence-electron chi connectivity index (χ1n) is 7.18. The predicted molar refractivity (Wildman–Crippen MR) is 98.2 cm³/mol.